The monoisotopic (exact) mass is 332 g/mol. The summed E-state index contributed by atoms with van der Waals surface area (Å²) in [5, 5.41) is 5.90. The Morgan fingerprint density at radius 3 is 2.24 bits per heavy atom. The Bertz CT molecular complexity index is 869. The second-order valence-electron chi connectivity index (χ2n) is 6.72. The van der Waals surface area contributed by atoms with Crippen LogP contribution in [0.25, 0.3) is 10.8 Å². The Hall–Kier alpha value is -2.81. The van der Waals surface area contributed by atoms with E-state index in [4.69, 9.17) is 0 Å². The highest BCUT2D eigenvalue weighted by atomic mass is 16.2. The number of carbonyl (C=O) groups is 1. The standard InChI is InChI=1S/C22H24N2O/c1-16(22(25)24(2)3)14-17-8-11-20(12-9-17)23-21-13-10-18-6-4-5-7-19(18)15-21/h4-13,15-16,23H,14H2,1-3H3. The van der Waals surface area contributed by atoms with Gasteiger partial charge in [0.2, 0.25) is 5.91 Å². The van der Waals surface area contributed by atoms with E-state index in [0.717, 1.165) is 17.8 Å². The van der Waals surface area contributed by atoms with Crippen molar-refractivity contribution in [1.82, 2.24) is 4.90 Å². The van der Waals surface area contributed by atoms with E-state index < -0.39 is 0 Å². The number of nitrogens with one attached hydrogen (secondary N) is 1. The lowest BCUT2D eigenvalue weighted by molar-refractivity contribution is -0.132. The molecule has 1 amide bonds. The lowest BCUT2D eigenvalue weighted by Gasteiger charge is -2.17. The average molecular weight is 332 g/mol. The Morgan fingerprint density at radius 1 is 0.920 bits per heavy atom. The molecular formula is C22H24N2O. The molecule has 3 rings (SSSR count). The van der Waals surface area contributed by atoms with Gasteiger partial charge in [-0.1, -0.05) is 49.4 Å². The van der Waals surface area contributed by atoms with Gasteiger partial charge in [-0.3, -0.25) is 4.79 Å². The summed E-state index contributed by atoms with van der Waals surface area (Å²) in [6.07, 6.45) is 0.757. The molecule has 1 atom stereocenters. The summed E-state index contributed by atoms with van der Waals surface area (Å²) in [4.78, 5) is 13.6. The fraction of sp³-hybridized carbons (Fsp3) is 0.227. The van der Waals surface area contributed by atoms with Gasteiger partial charge in [0.25, 0.3) is 0 Å². The Morgan fingerprint density at radius 2 is 1.56 bits per heavy atom. The van der Waals surface area contributed by atoms with Crippen molar-refractivity contribution < 1.29 is 4.79 Å². The molecule has 0 aliphatic heterocycles. The minimum atomic E-state index is -0.00528. The van der Waals surface area contributed by atoms with E-state index in [0.29, 0.717) is 0 Å². The third-order valence-electron chi connectivity index (χ3n) is 4.40. The van der Waals surface area contributed by atoms with Crippen LogP contribution in [0.2, 0.25) is 0 Å². The number of carbonyl (C=O) groups excluding carboxylic acids is 1. The fourth-order valence-electron chi connectivity index (χ4n) is 3.04. The third kappa shape index (κ3) is 4.18. The van der Waals surface area contributed by atoms with Gasteiger partial charge in [0.15, 0.2) is 0 Å². The molecule has 0 radical (unpaired) electrons. The molecule has 3 heteroatoms. The molecule has 3 aromatic carbocycles. The molecule has 1 N–H and O–H groups in total. The van der Waals surface area contributed by atoms with Gasteiger partial charge < -0.3 is 10.2 Å². The number of benzene rings is 3. The molecule has 0 heterocycles. The second-order valence-corrected chi connectivity index (χ2v) is 6.72. The third-order valence-corrected chi connectivity index (χ3v) is 4.40. The molecular weight excluding hydrogens is 308 g/mol. The molecule has 0 saturated heterocycles. The zero-order valence-electron chi connectivity index (χ0n) is 15.0. The minimum absolute atomic E-state index is 0.00528. The quantitative estimate of drug-likeness (QED) is 0.724. The van der Waals surface area contributed by atoms with Crippen molar-refractivity contribution in [2.45, 2.75) is 13.3 Å². The molecule has 0 aliphatic rings. The van der Waals surface area contributed by atoms with Crippen molar-refractivity contribution in [1.29, 1.82) is 0 Å². The Labute approximate surface area is 149 Å². The normalized spacial score (nSPS) is 12.0. The van der Waals surface area contributed by atoms with Crippen LogP contribution in [0.4, 0.5) is 11.4 Å². The maximum absolute atomic E-state index is 12.0. The highest BCUT2D eigenvalue weighted by Crippen LogP contribution is 2.23. The SMILES string of the molecule is CC(Cc1ccc(Nc2ccc3ccccc3c2)cc1)C(=O)N(C)C. The molecule has 0 fully saturated rings. The molecule has 0 aromatic heterocycles. The maximum atomic E-state index is 12.0. The molecule has 128 valence electrons. The van der Waals surface area contributed by atoms with E-state index in [-0.39, 0.29) is 11.8 Å². The topological polar surface area (TPSA) is 32.3 Å². The van der Waals surface area contributed by atoms with Crippen molar-refractivity contribution in [3.63, 3.8) is 0 Å². The predicted octanol–water partition coefficient (Wildman–Crippen LogP) is 4.85. The van der Waals surface area contributed by atoms with Gasteiger partial charge >= 0.3 is 0 Å². The molecule has 0 saturated carbocycles. The van der Waals surface area contributed by atoms with Gasteiger partial charge in [-0.05, 0) is 47.0 Å². The zero-order valence-corrected chi connectivity index (χ0v) is 15.0. The minimum Gasteiger partial charge on any atom is -0.356 e. The van der Waals surface area contributed by atoms with Gasteiger partial charge in [-0.25, -0.2) is 0 Å². The van der Waals surface area contributed by atoms with Crippen LogP contribution >= 0.6 is 0 Å². The molecule has 0 bridgehead atoms. The summed E-state index contributed by atoms with van der Waals surface area (Å²) >= 11 is 0. The van der Waals surface area contributed by atoms with Crippen molar-refractivity contribution in [2.75, 3.05) is 19.4 Å². The number of fused-ring (bicyclic) bond motifs is 1. The zero-order chi connectivity index (χ0) is 17.8. The summed E-state index contributed by atoms with van der Waals surface area (Å²) in [6, 6.07) is 23.0. The summed E-state index contributed by atoms with van der Waals surface area (Å²) in [6.45, 7) is 1.98. The Kier molecular flexibility index (Phi) is 5.03. The lowest BCUT2D eigenvalue weighted by atomic mass is 10.00. The van der Waals surface area contributed by atoms with E-state index in [2.05, 4.69) is 72.0 Å². The molecule has 1 unspecified atom stereocenters. The van der Waals surface area contributed by atoms with E-state index in [1.54, 1.807) is 19.0 Å². The predicted molar refractivity (Wildman–Crippen MR) is 105 cm³/mol. The largest absolute Gasteiger partial charge is 0.356 e. The first-order valence-electron chi connectivity index (χ1n) is 8.59. The van der Waals surface area contributed by atoms with Crippen LogP contribution < -0.4 is 5.32 Å². The molecule has 0 aliphatic carbocycles. The van der Waals surface area contributed by atoms with Crippen molar-refractivity contribution in [3.05, 3.63) is 72.3 Å². The van der Waals surface area contributed by atoms with E-state index in [1.807, 2.05) is 6.92 Å². The highest BCUT2D eigenvalue weighted by molar-refractivity contribution is 5.86. The van der Waals surface area contributed by atoms with Crippen molar-refractivity contribution in [2.24, 2.45) is 5.92 Å². The summed E-state index contributed by atoms with van der Waals surface area (Å²) in [7, 11) is 3.60. The van der Waals surface area contributed by atoms with Gasteiger partial charge in [-0.2, -0.15) is 0 Å². The average Bonchev–Trinajstić information content (AvgIpc) is 2.62. The fourth-order valence-corrected chi connectivity index (χ4v) is 3.04. The van der Waals surface area contributed by atoms with Crippen molar-refractivity contribution >= 4 is 28.1 Å². The molecule has 3 nitrogen and oxygen atoms in total. The van der Waals surface area contributed by atoms with E-state index in [1.165, 1.54) is 16.3 Å². The number of nitrogens with zero attached hydrogens (tertiary/aromatic N) is 1. The highest BCUT2D eigenvalue weighted by Gasteiger charge is 2.15. The molecule has 0 spiro atoms. The maximum Gasteiger partial charge on any atom is 0.225 e. The van der Waals surface area contributed by atoms with Crippen LogP contribution in [0, 0.1) is 5.92 Å². The van der Waals surface area contributed by atoms with Crippen LogP contribution in [0.15, 0.2) is 66.7 Å². The van der Waals surface area contributed by atoms with E-state index in [9.17, 15) is 4.79 Å². The van der Waals surface area contributed by atoms with Gasteiger partial charge in [0.1, 0.15) is 0 Å². The van der Waals surface area contributed by atoms with Crippen LogP contribution in [-0.2, 0) is 11.2 Å². The molecule has 25 heavy (non-hydrogen) atoms. The number of amides is 1. The number of rotatable bonds is 5. The van der Waals surface area contributed by atoms with Crippen LogP contribution in [-0.4, -0.2) is 24.9 Å². The number of anilines is 2. The van der Waals surface area contributed by atoms with Gasteiger partial charge in [0.05, 0.1) is 0 Å². The van der Waals surface area contributed by atoms with E-state index >= 15 is 0 Å². The smallest absolute Gasteiger partial charge is 0.225 e. The van der Waals surface area contributed by atoms with Gasteiger partial charge in [-0.15, -0.1) is 0 Å². The summed E-state index contributed by atoms with van der Waals surface area (Å²) in [5.41, 5.74) is 3.29. The van der Waals surface area contributed by atoms with Crippen LogP contribution in [0.1, 0.15) is 12.5 Å². The lowest BCUT2D eigenvalue weighted by Crippen LogP contribution is -2.29. The first kappa shape index (κ1) is 17.0. The Balaban J connectivity index is 1.68. The van der Waals surface area contributed by atoms with Gasteiger partial charge in [0, 0.05) is 31.4 Å². The van der Waals surface area contributed by atoms with Crippen LogP contribution in [0.5, 0.6) is 0 Å². The summed E-state index contributed by atoms with van der Waals surface area (Å²) in [5.74, 6) is 0.160. The van der Waals surface area contributed by atoms with Crippen LogP contribution in [0.3, 0.4) is 0 Å². The second kappa shape index (κ2) is 7.39. The number of hydrogen-bond acceptors (Lipinski definition) is 2. The summed E-state index contributed by atoms with van der Waals surface area (Å²) < 4.78 is 0. The first-order chi connectivity index (χ1) is 12.0. The van der Waals surface area contributed by atoms with Crippen molar-refractivity contribution in [3.8, 4) is 0 Å². The first-order valence-corrected chi connectivity index (χ1v) is 8.59. The molecule has 3 aromatic rings. The number of hydrogen-bond donors (Lipinski definition) is 1.